The van der Waals surface area contributed by atoms with E-state index < -0.39 is 13.5 Å². The second-order valence-electron chi connectivity index (χ2n) is 7.62. The van der Waals surface area contributed by atoms with Gasteiger partial charge in [-0.1, -0.05) is 37.8 Å². The number of carbonyl (C=O) groups is 2. The molecule has 1 saturated heterocycles. The molecule has 128 valence electrons. The van der Waals surface area contributed by atoms with E-state index in [4.69, 9.17) is 4.74 Å². The van der Waals surface area contributed by atoms with E-state index in [0.717, 1.165) is 24.6 Å². The third-order valence-corrected chi connectivity index (χ3v) is 7.25. The second kappa shape index (κ2) is 6.73. The van der Waals surface area contributed by atoms with Gasteiger partial charge in [0.2, 0.25) is 5.91 Å². The molecule has 5 heteroatoms. The summed E-state index contributed by atoms with van der Waals surface area (Å²) in [6, 6.07) is 0.157. The van der Waals surface area contributed by atoms with Crippen LogP contribution in [0.15, 0.2) is 23.4 Å². The minimum atomic E-state index is -1.80. The van der Waals surface area contributed by atoms with Gasteiger partial charge >= 0.3 is 0 Å². The number of rotatable bonds is 5. The maximum atomic E-state index is 13.5. The van der Waals surface area contributed by atoms with Crippen LogP contribution in [0.4, 0.5) is 0 Å². The summed E-state index contributed by atoms with van der Waals surface area (Å²) in [7, 11) is -0.115. The van der Waals surface area contributed by atoms with E-state index in [1.165, 1.54) is 0 Å². The van der Waals surface area contributed by atoms with Crippen LogP contribution in [0.2, 0.25) is 19.6 Å². The molecule has 1 amide bonds. The Hall–Kier alpha value is -1.20. The van der Waals surface area contributed by atoms with Gasteiger partial charge < -0.3 is 9.64 Å². The largest absolute Gasteiger partial charge is 0.383 e. The number of ether oxygens (including phenoxy) is 1. The molecule has 0 saturated carbocycles. The Kier molecular flexibility index (Phi) is 5.31. The van der Waals surface area contributed by atoms with Gasteiger partial charge in [-0.25, -0.2) is 0 Å². The molecule has 23 heavy (non-hydrogen) atoms. The number of ketones is 1. The number of likely N-dealkylation sites (tertiary alicyclic amines) is 1. The minimum absolute atomic E-state index is 0.00848. The van der Waals surface area contributed by atoms with Crippen LogP contribution in [-0.4, -0.2) is 51.0 Å². The highest BCUT2D eigenvalue weighted by atomic mass is 28.3. The average Bonchev–Trinajstić information content (AvgIpc) is 2.94. The zero-order chi connectivity index (χ0) is 17.3. The quantitative estimate of drug-likeness (QED) is 0.726. The van der Waals surface area contributed by atoms with Crippen molar-refractivity contribution in [2.75, 3.05) is 20.3 Å². The Bertz CT molecular complexity index is 547. The van der Waals surface area contributed by atoms with Crippen LogP contribution in [0.3, 0.4) is 0 Å². The van der Waals surface area contributed by atoms with E-state index >= 15 is 0 Å². The van der Waals surface area contributed by atoms with Crippen molar-refractivity contribution in [1.29, 1.82) is 0 Å². The first-order chi connectivity index (χ1) is 10.8. The highest BCUT2D eigenvalue weighted by Gasteiger charge is 2.48. The standard InChI is InChI=1S/C18H29NO3Si/c1-6-18(10-9-15(20)12-16(18)23(3,4)5)17(21)19-11-7-8-14(19)13-22-2/h9-10,12,14H,6-8,11,13H2,1-5H3/t14-,18-/m0/s1. The Morgan fingerprint density at radius 2 is 2.13 bits per heavy atom. The Labute approximate surface area is 140 Å². The summed E-state index contributed by atoms with van der Waals surface area (Å²) in [6.45, 7) is 10.0. The van der Waals surface area contributed by atoms with Crippen molar-refractivity contribution in [3.63, 3.8) is 0 Å². The van der Waals surface area contributed by atoms with Crippen molar-refractivity contribution < 1.29 is 14.3 Å². The molecule has 1 aliphatic carbocycles. The Morgan fingerprint density at radius 1 is 1.43 bits per heavy atom. The lowest BCUT2D eigenvalue weighted by Gasteiger charge is -2.42. The molecule has 0 N–H and O–H groups in total. The first-order valence-electron chi connectivity index (χ1n) is 8.52. The molecule has 1 aliphatic heterocycles. The van der Waals surface area contributed by atoms with Crippen LogP contribution in [0.1, 0.15) is 26.2 Å². The average molecular weight is 336 g/mol. The van der Waals surface area contributed by atoms with Crippen LogP contribution in [0, 0.1) is 5.41 Å². The topological polar surface area (TPSA) is 46.6 Å². The van der Waals surface area contributed by atoms with Gasteiger partial charge in [0.05, 0.1) is 26.1 Å². The first kappa shape index (κ1) is 18.1. The summed E-state index contributed by atoms with van der Waals surface area (Å²) < 4.78 is 5.30. The van der Waals surface area contributed by atoms with Gasteiger partial charge in [0.25, 0.3) is 0 Å². The molecule has 4 nitrogen and oxygen atoms in total. The molecule has 0 spiro atoms. The fourth-order valence-corrected chi connectivity index (χ4v) is 6.17. The number of amides is 1. The zero-order valence-corrected chi connectivity index (χ0v) is 16.0. The number of hydrogen-bond acceptors (Lipinski definition) is 3. The van der Waals surface area contributed by atoms with Gasteiger partial charge in [0, 0.05) is 13.7 Å². The lowest BCUT2D eigenvalue weighted by Crippen LogP contribution is -2.51. The molecule has 0 unspecified atom stereocenters. The van der Waals surface area contributed by atoms with Crippen LogP contribution in [0.5, 0.6) is 0 Å². The smallest absolute Gasteiger partial charge is 0.236 e. The maximum Gasteiger partial charge on any atom is 0.236 e. The van der Waals surface area contributed by atoms with Crippen molar-refractivity contribution in [2.45, 2.75) is 51.9 Å². The Balaban J connectivity index is 2.43. The molecule has 0 radical (unpaired) electrons. The predicted octanol–water partition coefficient (Wildman–Crippen LogP) is 2.96. The molecule has 1 heterocycles. The number of hydrogen-bond donors (Lipinski definition) is 0. The van der Waals surface area contributed by atoms with Gasteiger partial charge in [-0.2, -0.15) is 0 Å². The van der Waals surface area contributed by atoms with E-state index in [1.807, 2.05) is 17.9 Å². The highest BCUT2D eigenvalue weighted by molar-refractivity contribution is 6.84. The SMILES string of the molecule is CC[C@]1(C(=O)N2CCC[C@H]2COC)C=CC(=O)C=C1[Si](C)(C)C. The number of allylic oxidation sites excluding steroid dienone is 2. The van der Waals surface area contributed by atoms with Crippen LogP contribution >= 0.6 is 0 Å². The van der Waals surface area contributed by atoms with Gasteiger partial charge in [-0.05, 0) is 31.4 Å². The van der Waals surface area contributed by atoms with E-state index in [1.54, 1.807) is 19.3 Å². The normalized spacial score (nSPS) is 28.2. The van der Waals surface area contributed by atoms with Crippen molar-refractivity contribution >= 4 is 19.8 Å². The molecule has 0 aromatic heterocycles. The molecular formula is C18H29NO3Si. The Morgan fingerprint density at radius 3 is 2.70 bits per heavy atom. The van der Waals surface area contributed by atoms with E-state index in [9.17, 15) is 9.59 Å². The van der Waals surface area contributed by atoms with Gasteiger partial charge in [-0.15, -0.1) is 0 Å². The summed E-state index contributed by atoms with van der Waals surface area (Å²) in [4.78, 5) is 27.4. The lowest BCUT2D eigenvalue weighted by atomic mass is 9.79. The molecular weight excluding hydrogens is 306 g/mol. The van der Waals surface area contributed by atoms with Crippen LogP contribution in [-0.2, 0) is 14.3 Å². The first-order valence-corrected chi connectivity index (χ1v) is 12.0. The summed E-state index contributed by atoms with van der Waals surface area (Å²) in [6.07, 6.45) is 7.89. The number of nitrogens with zero attached hydrogens (tertiary/aromatic N) is 1. The molecule has 2 atom stereocenters. The van der Waals surface area contributed by atoms with E-state index in [2.05, 4.69) is 19.6 Å². The van der Waals surface area contributed by atoms with Crippen molar-refractivity contribution in [1.82, 2.24) is 4.90 Å². The lowest BCUT2D eigenvalue weighted by molar-refractivity contribution is -0.139. The molecule has 0 aromatic rings. The summed E-state index contributed by atoms with van der Waals surface area (Å²) in [5, 5.41) is 1.06. The number of carbonyl (C=O) groups excluding carboxylic acids is 2. The van der Waals surface area contributed by atoms with Gasteiger partial charge in [-0.3, -0.25) is 9.59 Å². The summed E-state index contributed by atoms with van der Waals surface area (Å²) in [5.74, 6) is 0.158. The van der Waals surface area contributed by atoms with Crippen molar-refractivity contribution in [2.24, 2.45) is 5.41 Å². The van der Waals surface area contributed by atoms with Crippen LogP contribution < -0.4 is 0 Å². The molecule has 1 fully saturated rings. The highest BCUT2D eigenvalue weighted by Crippen LogP contribution is 2.43. The minimum Gasteiger partial charge on any atom is -0.383 e. The monoisotopic (exact) mass is 335 g/mol. The number of methoxy groups -OCH3 is 1. The molecule has 2 aliphatic rings. The van der Waals surface area contributed by atoms with Gasteiger partial charge in [0.1, 0.15) is 0 Å². The third-order valence-electron chi connectivity index (χ3n) is 5.04. The third kappa shape index (κ3) is 3.36. The van der Waals surface area contributed by atoms with Crippen molar-refractivity contribution in [3.8, 4) is 0 Å². The van der Waals surface area contributed by atoms with Crippen molar-refractivity contribution in [3.05, 3.63) is 23.4 Å². The predicted molar refractivity (Wildman–Crippen MR) is 94.9 cm³/mol. The fourth-order valence-electron chi connectivity index (χ4n) is 3.89. The van der Waals surface area contributed by atoms with E-state index in [0.29, 0.717) is 13.0 Å². The second-order valence-corrected chi connectivity index (χ2v) is 12.7. The molecule has 0 aromatic carbocycles. The molecule has 0 bridgehead atoms. The summed E-state index contributed by atoms with van der Waals surface area (Å²) >= 11 is 0. The van der Waals surface area contributed by atoms with Crippen LogP contribution in [0.25, 0.3) is 0 Å². The zero-order valence-electron chi connectivity index (χ0n) is 15.0. The van der Waals surface area contributed by atoms with Gasteiger partial charge in [0.15, 0.2) is 5.78 Å². The maximum absolute atomic E-state index is 13.5. The summed E-state index contributed by atoms with van der Waals surface area (Å²) in [5.41, 5.74) is -0.644. The fraction of sp³-hybridized carbons (Fsp3) is 0.667. The molecule has 2 rings (SSSR count). The van der Waals surface area contributed by atoms with E-state index in [-0.39, 0.29) is 17.7 Å².